The van der Waals surface area contributed by atoms with Crippen molar-refractivity contribution in [1.29, 1.82) is 0 Å². The number of nitrogens with zero attached hydrogens (tertiary/aromatic N) is 3. The maximum absolute atomic E-state index is 13.0. The number of amides is 1. The van der Waals surface area contributed by atoms with E-state index in [0.717, 1.165) is 36.1 Å². The number of benzene rings is 1. The normalized spacial score (nSPS) is 22.4. The highest BCUT2D eigenvalue weighted by Gasteiger charge is 2.49. The summed E-state index contributed by atoms with van der Waals surface area (Å²) in [5.74, 6) is 0.269. The van der Waals surface area contributed by atoms with E-state index >= 15 is 0 Å². The van der Waals surface area contributed by atoms with Crippen molar-refractivity contribution in [2.24, 2.45) is 0 Å². The maximum atomic E-state index is 13.0. The largest absolute Gasteiger partial charge is 0.418 e. The molecule has 6 nitrogen and oxygen atoms in total. The van der Waals surface area contributed by atoms with Crippen molar-refractivity contribution >= 4 is 5.91 Å². The number of halogens is 3. The molecular weight excluding hydrogens is 409 g/mol. The van der Waals surface area contributed by atoms with Gasteiger partial charge in [-0.1, -0.05) is 18.2 Å². The van der Waals surface area contributed by atoms with E-state index < -0.39 is 22.6 Å². The van der Waals surface area contributed by atoms with Crippen molar-refractivity contribution in [1.82, 2.24) is 20.5 Å². The Labute approximate surface area is 175 Å². The summed E-state index contributed by atoms with van der Waals surface area (Å²) in [6, 6.07) is 8.93. The molecule has 1 saturated carbocycles. The van der Waals surface area contributed by atoms with Gasteiger partial charge in [0.1, 0.15) is 11.1 Å². The summed E-state index contributed by atoms with van der Waals surface area (Å²) < 4.78 is 44.8. The predicted octanol–water partition coefficient (Wildman–Crippen LogP) is 4.01. The molecule has 1 aromatic carbocycles. The van der Waals surface area contributed by atoms with E-state index in [9.17, 15) is 18.0 Å². The molecule has 9 heteroatoms. The van der Waals surface area contributed by atoms with Crippen molar-refractivity contribution in [3.8, 4) is 11.6 Å². The first kappa shape index (κ1) is 19.7. The smallest absolute Gasteiger partial charge is 0.416 e. The van der Waals surface area contributed by atoms with E-state index in [-0.39, 0.29) is 17.7 Å². The molecule has 2 aromatic heterocycles. The average Bonchev–Trinajstić information content (AvgIpc) is 3.27. The molecule has 160 valence electrons. The molecule has 1 aliphatic heterocycles. The van der Waals surface area contributed by atoms with Crippen LogP contribution in [0, 0.1) is 0 Å². The summed E-state index contributed by atoms with van der Waals surface area (Å²) in [6.45, 7) is 2.30. The zero-order valence-electron chi connectivity index (χ0n) is 16.7. The van der Waals surface area contributed by atoms with E-state index in [4.69, 9.17) is 4.42 Å². The second kappa shape index (κ2) is 6.63. The average molecular weight is 428 g/mol. The molecular formula is C22H19F3N4O2. The third-order valence-corrected chi connectivity index (χ3v) is 6.35. The van der Waals surface area contributed by atoms with Gasteiger partial charge in [-0.05, 0) is 55.5 Å². The van der Waals surface area contributed by atoms with Crippen LogP contribution in [-0.4, -0.2) is 27.6 Å². The number of carbonyl (C=O) groups is 1. The van der Waals surface area contributed by atoms with Crippen LogP contribution in [0.2, 0.25) is 0 Å². The van der Waals surface area contributed by atoms with E-state index in [2.05, 4.69) is 20.5 Å². The number of rotatable bonds is 4. The van der Waals surface area contributed by atoms with Crippen molar-refractivity contribution in [3.63, 3.8) is 0 Å². The van der Waals surface area contributed by atoms with E-state index in [0.29, 0.717) is 18.7 Å². The van der Waals surface area contributed by atoms with Crippen LogP contribution in [0.4, 0.5) is 13.2 Å². The molecule has 0 spiro atoms. The number of hydrogen-bond donors (Lipinski definition) is 1. The summed E-state index contributed by atoms with van der Waals surface area (Å²) in [5, 5.41) is 11.0. The number of nitrogens with one attached hydrogen (secondary N) is 1. The fourth-order valence-electron chi connectivity index (χ4n) is 4.26. The van der Waals surface area contributed by atoms with Gasteiger partial charge in [0.2, 0.25) is 11.8 Å². The summed E-state index contributed by atoms with van der Waals surface area (Å²) in [7, 11) is 0. The minimum Gasteiger partial charge on any atom is -0.418 e. The number of carbonyl (C=O) groups excluding carboxylic acids is 1. The highest BCUT2D eigenvalue weighted by molar-refractivity contribution is 5.88. The SMILES string of the molecule is C[C@]1(c2nnc(-c3ncccc3C3(c4ccc(C(F)(F)F)cc4)CC3)o2)CCNC1=O. The van der Waals surface area contributed by atoms with Gasteiger partial charge in [-0.2, -0.15) is 13.2 Å². The highest BCUT2D eigenvalue weighted by atomic mass is 19.4. The van der Waals surface area contributed by atoms with Gasteiger partial charge in [0.25, 0.3) is 5.89 Å². The Hall–Kier alpha value is -3.23. The Balaban J connectivity index is 1.53. The Morgan fingerprint density at radius 2 is 1.81 bits per heavy atom. The third-order valence-electron chi connectivity index (χ3n) is 6.35. The Bertz CT molecular complexity index is 1150. The zero-order chi connectivity index (χ0) is 21.9. The zero-order valence-corrected chi connectivity index (χ0v) is 16.7. The van der Waals surface area contributed by atoms with Crippen LogP contribution in [-0.2, 0) is 21.8 Å². The van der Waals surface area contributed by atoms with Gasteiger partial charge < -0.3 is 9.73 Å². The van der Waals surface area contributed by atoms with E-state index in [1.165, 1.54) is 12.1 Å². The quantitative estimate of drug-likeness (QED) is 0.679. The van der Waals surface area contributed by atoms with Gasteiger partial charge >= 0.3 is 6.18 Å². The van der Waals surface area contributed by atoms with Crippen LogP contribution >= 0.6 is 0 Å². The van der Waals surface area contributed by atoms with E-state index in [1.807, 2.05) is 6.07 Å². The Morgan fingerprint density at radius 1 is 1.06 bits per heavy atom. The molecule has 0 radical (unpaired) electrons. The fourth-order valence-corrected chi connectivity index (χ4v) is 4.26. The van der Waals surface area contributed by atoms with Crippen molar-refractivity contribution in [3.05, 3.63) is 65.2 Å². The van der Waals surface area contributed by atoms with Crippen LogP contribution < -0.4 is 5.32 Å². The predicted molar refractivity (Wildman–Crippen MR) is 104 cm³/mol. The monoisotopic (exact) mass is 428 g/mol. The lowest BCUT2D eigenvalue weighted by molar-refractivity contribution is -0.137. The Kier molecular flexibility index (Phi) is 4.22. The summed E-state index contributed by atoms with van der Waals surface area (Å²) in [5.41, 5.74) is 0.0911. The first-order valence-corrected chi connectivity index (χ1v) is 10.00. The van der Waals surface area contributed by atoms with Crippen LogP contribution in [0.1, 0.15) is 48.8 Å². The molecule has 1 aliphatic carbocycles. The molecule has 31 heavy (non-hydrogen) atoms. The van der Waals surface area contributed by atoms with Gasteiger partial charge in [-0.25, -0.2) is 0 Å². The number of hydrogen-bond acceptors (Lipinski definition) is 5. The van der Waals surface area contributed by atoms with Crippen molar-refractivity contribution in [2.45, 2.75) is 43.2 Å². The van der Waals surface area contributed by atoms with E-state index in [1.54, 1.807) is 19.2 Å². The van der Waals surface area contributed by atoms with Gasteiger partial charge in [0.15, 0.2) is 0 Å². The molecule has 2 fully saturated rings. The number of alkyl halides is 3. The molecule has 1 saturated heterocycles. The molecule has 2 aliphatic rings. The van der Waals surface area contributed by atoms with Gasteiger partial charge in [-0.15, -0.1) is 10.2 Å². The summed E-state index contributed by atoms with van der Waals surface area (Å²) in [6.07, 6.45) is -0.665. The van der Waals surface area contributed by atoms with Crippen molar-refractivity contribution < 1.29 is 22.4 Å². The van der Waals surface area contributed by atoms with Crippen molar-refractivity contribution in [2.75, 3.05) is 6.54 Å². The van der Waals surface area contributed by atoms with Crippen LogP contribution in [0.3, 0.4) is 0 Å². The molecule has 5 rings (SSSR count). The number of aromatic nitrogens is 3. The van der Waals surface area contributed by atoms with Gasteiger partial charge in [0, 0.05) is 18.2 Å². The molecule has 1 amide bonds. The van der Waals surface area contributed by atoms with Gasteiger partial charge in [0.05, 0.1) is 5.56 Å². The topological polar surface area (TPSA) is 80.9 Å². The van der Waals surface area contributed by atoms with Crippen LogP contribution in [0.5, 0.6) is 0 Å². The van der Waals surface area contributed by atoms with Crippen LogP contribution in [0.25, 0.3) is 11.6 Å². The highest BCUT2D eigenvalue weighted by Crippen LogP contribution is 2.55. The number of pyridine rings is 1. The molecule has 0 bridgehead atoms. The molecule has 0 unspecified atom stereocenters. The molecule has 3 aromatic rings. The van der Waals surface area contributed by atoms with Gasteiger partial charge in [-0.3, -0.25) is 9.78 Å². The molecule has 1 atom stereocenters. The standard InChI is InChI=1S/C22H19F3N4O2/c1-20(10-12-27-18(20)30)19-29-28-17(31-19)16-15(3-2-11-26-16)21(8-9-21)13-4-6-14(7-5-13)22(23,24)25/h2-7,11H,8-10,12H2,1H3,(H,27,30)/t20-/m0/s1. The fraction of sp³-hybridized carbons (Fsp3) is 0.364. The lowest BCUT2D eigenvalue weighted by atomic mass is 9.86. The maximum Gasteiger partial charge on any atom is 0.416 e. The molecule has 1 N–H and O–H groups in total. The summed E-state index contributed by atoms with van der Waals surface area (Å²) in [4.78, 5) is 16.7. The Morgan fingerprint density at radius 3 is 2.42 bits per heavy atom. The first-order valence-electron chi connectivity index (χ1n) is 10.00. The molecule has 3 heterocycles. The lowest BCUT2D eigenvalue weighted by Crippen LogP contribution is -2.32. The second-order valence-electron chi connectivity index (χ2n) is 8.31. The minimum atomic E-state index is -4.38. The lowest BCUT2D eigenvalue weighted by Gasteiger charge is -2.19. The minimum absolute atomic E-state index is 0.160. The second-order valence-corrected chi connectivity index (χ2v) is 8.31. The third kappa shape index (κ3) is 3.10. The summed E-state index contributed by atoms with van der Waals surface area (Å²) >= 11 is 0. The van der Waals surface area contributed by atoms with Crippen LogP contribution in [0.15, 0.2) is 47.0 Å². The first-order chi connectivity index (χ1) is 14.7.